The van der Waals surface area contributed by atoms with Crippen LogP contribution in [0.4, 0.5) is 0 Å². The summed E-state index contributed by atoms with van der Waals surface area (Å²) in [7, 11) is 0. The van der Waals surface area contributed by atoms with E-state index in [4.69, 9.17) is 34.8 Å². The third-order valence-corrected chi connectivity index (χ3v) is 4.92. The van der Waals surface area contributed by atoms with Gasteiger partial charge in [-0.1, -0.05) is 48.0 Å². The zero-order chi connectivity index (χ0) is 14.6. The Morgan fingerprint density at radius 1 is 0.950 bits per heavy atom. The lowest BCUT2D eigenvalue weighted by Gasteiger charge is -2.32. The van der Waals surface area contributed by atoms with Gasteiger partial charge in [0.2, 0.25) is 0 Å². The van der Waals surface area contributed by atoms with Gasteiger partial charge in [0.05, 0.1) is 0 Å². The predicted molar refractivity (Wildman–Crippen MR) is 89.5 cm³/mol. The summed E-state index contributed by atoms with van der Waals surface area (Å²) in [5, 5.41) is 0.741. The summed E-state index contributed by atoms with van der Waals surface area (Å²) in [4.78, 5) is 0. The molecule has 3 heteroatoms. The lowest BCUT2D eigenvalue weighted by molar-refractivity contribution is 0.533. The van der Waals surface area contributed by atoms with E-state index < -0.39 is 0 Å². The number of halogens is 3. The molecule has 0 heterocycles. The third-order valence-electron chi connectivity index (χ3n) is 3.66. The topological polar surface area (TPSA) is 0 Å². The highest BCUT2D eigenvalue weighted by atomic mass is 35.5. The van der Waals surface area contributed by atoms with Crippen molar-refractivity contribution in [3.63, 3.8) is 0 Å². The first-order valence-electron chi connectivity index (χ1n) is 6.54. The molecule has 0 nitrogen and oxygen atoms in total. The second-order valence-corrected chi connectivity index (χ2v) is 6.14. The second-order valence-electron chi connectivity index (χ2n) is 5.17. The Hall–Kier alpha value is -0.690. The molecule has 2 aromatic rings. The van der Waals surface area contributed by atoms with E-state index in [9.17, 15) is 0 Å². The Morgan fingerprint density at radius 3 is 2.25 bits per heavy atom. The lowest BCUT2D eigenvalue weighted by atomic mass is 9.77. The molecule has 0 aliphatic rings. The van der Waals surface area contributed by atoms with Crippen LogP contribution in [0.1, 0.15) is 16.7 Å². The number of alkyl halides is 2. The number of hydrogen-bond donors (Lipinski definition) is 0. The van der Waals surface area contributed by atoms with Crippen molar-refractivity contribution in [3.05, 3.63) is 70.2 Å². The van der Waals surface area contributed by atoms with Crippen LogP contribution < -0.4 is 0 Å². The zero-order valence-corrected chi connectivity index (χ0v) is 13.6. The average molecular weight is 328 g/mol. The smallest absolute Gasteiger partial charge is 0.0408 e. The van der Waals surface area contributed by atoms with Gasteiger partial charge in [0.15, 0.2) is 0 Å². The van der Waals surface area contributed by atoms with E-state index in [1.165, 1.54) is 11.1 Å². The minimum absolute atomic E-state index is 0.265. The van der Waals surface area contributed by atoms with Gasteiger partial charge < -0.3 is 0 Å². The fourth-order valence-corrected chi connectivity index (χ4v) is 3.55. The van der Waals surface area contributed by atoms with Gasteiger partial charge in [-0.05, 0) is 42.2 Å². The Balaban J connectivity index is 2.42. The SMILES string of the molecule is Cc1ccccc1C(CCl)(CCl)Cc1cccc(Cl)c1. The molecule has 2 rings (SSSR count). The summed E-state index contributed by atoms with van der Waals surface area (Å²) < 4.78 is 0. The fourth-order valence-electron chi connectivity index (χ4n) is 2.57. The van der Waals surface area contributed by atoms with Crippen LogP contribution in [0.25, 0.3) is 0 Å². The first kappa shape index (κ1) is 15.7. The Morgan fingerprint density at radius 2 is 1.65 bits per heavy atom. The highest BCUT2D eigenvalue weighted by molar-refractivity contribution is 6.30. The van der Waals surface area contributed by atoms with Crippen molar-refractivity contribution in [1.29, 1.82) is 0 Å². The Kier molecular flexibility index (Phi) is 5.37. The van der Waals surface area contributed by atoms with Gasteiger partial charge in [-0.3, -0.25) is 0 Å². The van der Waals surface area contributed by atoms with Crippen LogP contribution in [-0.4, -0.2) is 11.8 Å². The molecule has 0 aromatic heterocycles. The molecule has 20 heavy (non-hydrogen) atoms. The molecule has 0 saturated heterocycles. The predicted octanol–water partition coefficient (Wildman–Crippen LogP) is 5.61. The Labute approximate surface area is 135 Å². The van der Waals surface area contributed by atoms with Crippen molar-refractivity contribution in [2.75, 3.05) is 11.8 Å². The van der Waals surface area contributed by atoms with E-state index in [-0.39, 0.29) is 5.41 Å². The largest absolute Gasteiger partial charge is 0.126 e. The van der Waals surface area contributed by atoms with Gasteiger partial charge in [0.1, 0.15) is 0 Å². The van der Waals surface area contributed by atoms with Crippen molar-refractivity contribution in [1.82, 2.24) is 0 Å². The summed E-state index contributed by atoms with van der Waals surface area (Å²) in [6.45, 7) is 2.10. The van der Waals surface area contributed by atoms with Crippen molar-refractivity contribution < 1.29 is 0 Å². The molecular weight excluding hydrogens is 311 g/mol. The molecule has 0 atom stereocenters. The van der Waals surface area contributed by atoms with Crippen molar-refractivity contribution in [2.24, 2.45) is 0 Å². The van der Waals surface area contributed by atoms with Gasteiger partial charge in [-0.25, -0.2) is 0 Å². The van der Waals surface area contributed by atoms with Gasteiger partial charge >= 0.3 is 0 Å². The molecule has 106 valence electrons. The van der Waals surface area contributed by atoms with Crippen LogP contribution in [0.15, 0.2) is 48.5 Å². The summed E-state index contributed by atoms with van der Waals surface area (Å²) in [5.41, 5.74) is 3.32. The summed E-state index contributed by atoms with van der Waals surface area (Å²) in [5.74, 6) is 0.960. The highest BCUT2D eigenvalue weighted by Gasteiger charge is 2.32. The van der Waals surface area contributed by atoms with E-state index in [0.717, 1.165) is 17.0 Å². The quantitative estimate of drug-likeness (QED) is 0.626. The molecule has 0 fully saturated rings. The van der Waals surface area contributed by atoms with Crippen molar-refractivity contribution >= 4 is 34.8 Å². The standard InChI is InChI=1S/C17H17Cl3/c1-13-5-2-3-8-16(13)17(11-18,12-19)10-14-6-4-7-15(20)9-14/h2-9H,10-12H2,1H3. The molecule has 0 amide bonds. The maximum atomic E-state index is 6.30. The number of hydrogen-bond acceptors (Lipinski definition) is 0. The lowest BCUT2D eigenvalue weighted by Crippen LogP contribution is -2.34. The molecule has 0 saturated carbocycles. The van der Waals surface area contributed by atoms with E-state index in [2.05, 4.69) is 25.1 Å². The maximum absolute atomic E-state index is 6.30. The first-order valence-corrected chi connectivity index (χ1v) is 7.98. The molecule has 0 radical (unpaired) electrons. The van der Waals surface area contributed by atoms with E-state index >= 15 is 0 Å². The molecule has 0 N–H and O–H groups in total. The van der Waals surface area contributed by atoms with Crippen LogP contribution in [-0.2, 0) is 11.8 Å². The van der Waals surface area contributed by atoms with Gasteiger partial charge in [-0.15, -0.1) is 23.2 Å². The van der Waals surface area contributed by atoms with Crippen molar-refractivity contribution in [2.45, 2.75) is 18.8 Å². The maximum Gasteiger partial charge on any atom is 0.0408 e. The fraction of sp³-hybridized carbons (Fsp3) is 0.294. The molecule has 0 aliphatic heterocycles. The highest BCUT2D eigenvalue weighted by Crippen LogP contribution is 2.34. The minimum Gasteiger partial charge on any atom is -0.126 e. The molecular formula is C17H17Cl3. The van der Waals surface area contributed by atoms with Crippen LogP contribution in [0.5, 0.6) is 0 Å². The van der Waals surface area contributed by atoms with Crippen LogP contribution in [0.2, 0.25) is 5.02 Å². The number of rotatable bonds is 5. The van der Waals surface area contributed by atoms with Gasteiger partial charge in [0.25, 0.3) is 0 Å². The molecule has 0 aliphatic carbocycles. The normalized spacial score (nSPS) is 11.6. The average Bonchev–Trinajstić information content (AvgIpc) is 2.46. The van der Waals surface area contributed by atoms with E-state index in [0.29, 0.717) is 11.8 Å². The summed E-state index contributed by atoms with van der Waals surface area (Å²) in [6, 6.07) is 16.2. The van der Waals surface area contributed by atoms with Crippen LogP contribution in [0.3, 0.4) is 0 Å². The van der Waals surface area contributed by atoms with Gasteiger partial charge in [-0.2, -0.15) is 0 Å². The number of benzene rings is 2. The van der Waals surface area contributed by atoms with E-state index in [1.807, 2.05) is 30.3 Å². The van der Waals surface area contributed by atoms with Crippen LogP contribution in [0, 0.1) is 6.92 Å². The monoisotopic (exact) mass is 326 g/mol. The molecule has 2 aromatic carbocycles. The zero-order valence-electron chi connectivity index (χ0n) is 11.4. The van der Waals surface area contributed by atoms with Crippen molar-refractivity contribution in [3.8, 4) is 0 Å². The number of aryl methyl sites for hydroxylation is 1. The van der Waals surface area contributed by atoms with Crippen LogP contribution >= 0.6 is 34.8 Å². The second kappa shape index (κ2) is 6.85. The van der Waals surface area contributed by atoms with Gasteiger partial charge in [0, 0.05) is 22.2 Å². The van der Waals surface area contributed by atoms with E-state index in [1.54, 1.807) is 0 Å². The molecule has 0 spiro atoms. The Bertz CT molecular complexity index is 574. The summed E-state index contributed by atoms with van der Waals surface area (Å²) in [6.07, 6.45) is 0.783. The molecule has 0 unspecified atom stereocenters. The minimum atomic E-state index is -0.265. The first-order chi connectivity index (χ1) is 9.61. The third kappa shape index (κ3) is 3.31. The molecule has 0 bridgehead atoms. The summed E-state index contributed by atoms with van der Waals surface area (Å²) >= 11 is 18.7.